The van der Waals surface area contributed by atoms with Crippen LogP contribution < -0.4 is 5.32 Å². The summed E-state index contributed by atoms with van der Waals surface area (Å²) in [6.45, 7) is 16.2. The second-order valence-electron chi connectivity index (χ2n) is 13.1. The maximum atomic E-state index is 10.9. The highest BCUT2D eigenvalue weighted by Crippen LogP contribution is 2.67. The van der Waals surface area contributed by atoms with E-state index in [-0.39, 0.29) is 17.4 Å². The summed E-state index contributed by atoms with van der Waals surface area (Å²) in [5, 5.41) is 11.2. The van der Waals surface area contributed by atoms with Gasteiger partial charge in [0.25, 0.3) is 0 Å². The molecule has 3 saturated carbocycles. The molecule has 2 N–H and O–H groups in total. The minimum absolute atomic E-state index is 0.0339. The van der Waals surface area contributed by atoms with E-state index in [1.807, 2.05) is 0 Å². The fourth-order valence-electron chi connectivity index (χ4n) is 9.10. The third-order valence-corrected chi connectivity index (χ3v) is 10.8. The standard InChI is InChI=1S/C30H49NO3/c1-19(2)8-7-9-20(3)25-12-13-26-24-11-10-22-18-23(34-21(4)31-28(32)33)14-16-29(22,5)27(24)15-17-30(25,26)6/h10,19-20,23-27,31H,4,7-9,11-18H2,1-3,5-6H3,(H,32,33)/t20-,23+,24+,25-,26+,27+,29+,30-/m1/s1. The maximum absolute atomic E-state index is 10.9. The third-order valence-electron chi connectivity index (χ3n) is 10.8. The Labute approximate surface area is 208 Å². The van der Waals surface area contributed by atoms with Crippen LogP contribution in [-0.4, -0.2) is 17.3 Å². The van der Waals surface area contributed by atoms with Crippen molar-refractivity contribution in [2.24, 2.45) is 46.3 Å². The largest absolute Gasteiger partial charge is 0.476 e. The molecular weight excluding hydrogens is 422 g/mol. The Morgan fingerprint density at radius 2 is 1.91 bits per heavy atom. The van der Waals surface area contributed by atoms with Crippen LogP contribution in [-0.2, 0) is 4.74 Å². The van der Waals surface area contributed by atoms with Crippen molar-refractivity contribution in [3.8, 4) is 0 Å². The molecule has 0 aromatic heterocycles. The van der Waals surface area contributed by atoms with Gasteiger partial charge in [0.1, 0.15) is 6.10 Å². The van der Waals surface area contributed by atoms with Gasteiger partial charge in [-0.3, -0.25) is 5.32 Å². The van der Waals surface area contributed by atoms with Gasteiger partial charge in [0.05, 0.1) is 0 Å². The first-order valence-electron chi connectivity index (χ1n) is 14.1. The number of allylic oxidation sites excluding steroid dienone is 1. The van der Waals surface area contributed by atoms with E-state index in [0.717, 1.165) is 54.8 Å². The van der Waals surface area contributed by atoms with Crippen molar-refractivity contribution in [1.29, 1.82) is 0 Å². The fraction of sp³-hybridized carbons (Fsp3) is 0.833. The quantitative estimate of drug-likeness (QED) is 0.277. The van der Waals surface area contributed by atoms with Crippen molar-refractivity contribution in [3.63, 3.8) is 0 Å². The average molecular weight is 472 g/mol. The van der Waals surface area contributed by atoms with Gasteiger partial charge in [0, 0.05) is 6.42 Å². The molecule has 0 aromatic carbocycles. The van der Waals surface area contributed by atoms with Crippen LogP contribution in [0.1, 0.15) is 105 Å². The van der Waals surface area contributed by atoms with Gasteiger partial charge >= 0.3 is 6.09 Å². The van der Waals surface area contributed by atoms with Gasteiger partial charge in [-0.2, -0.15) is 0 Å². The van der Waals surface area contributed by atoms with E-state index in [1.165, 1.54) is 51.4 Å². The second-order valence-corrected chi connectivity index (χ2v) is 13.1. The molecule has 0 saturated heterocycles. The minimum atomic E-state index is -1.11. The van der Waals surface area contributed by atoms with E-state index in [2.05, 4.69) is 52.6 Å². The van der Waals surface area contributed by atoms with Gasteiger partial charge in [0.15, 0.2) is 5.88 Å². The zero-order chi connectivity index (χ0) is 24.7. The lowest BCUT2D eigenvalue weighted by molar-refractivity contribution is -0.0597. The maximum Gasteiger partial charge on any atom is 0.411 e. The summed E-state index contributed by atoms with van der Waals surface area (Å²) in [4.78, 5) is 10.9. The Balaban J connectivity index is 1.43. The Morgan fingerprint density at radius 3 is 2.62 bits per heavy atom. The molecule has 4 aliphatic carbocycles. The van der Waals surface area contributed by atoms with Crippen LogP contribution in [0.4, 0.5) is 4.79 Å². The topological polar surface area (TPSA) is 58.6 Å². The van der Waals surface area contributed by atoms with Crippen molar-refractivity contribution >= 4 is 6.09 Å². The number of hydrogen-bond donors (Lipinski definition) is 2. The molecule has 0 radical (unpaired) electrons. The SMILES string of the molecule is C=C(NC(=O)O)O[C@H]1CC[C@@]2(C)C(=CC[C@H]3[C@@H]4CC[C@H]([C@H](C)CCCC(C)C)[C@@]4(C)CC[C@@H]32)C1. The molecule has 8 atom stereocenters. The minimum Gasteiger partial charge on any atom is -0.476 e. The summed E-state index contributed by atoms with van der Waals surface area (Å²) < 4.78 is 5.88. The third kappa shape index (κ3) is 4.80. The Kier molecular flexibility index (Phi) is 7.46. The summed E-state index contributed by atoms with van der Waals surface area (Å²) in [6, 6.07) is 0. The zero-order valence-electron chi connectivity index (χ0n) is 22.4. The van der Waals surface area contributed by atoms with E-state index in [4.69, 9.17) is 9.84 Å². The molecule has 0 aromatic rings. The summed E-state index contributed by atoms with van der Waals surface area (Å²) in [7, 11) is 0. The Bertz CT molecular complexity index is 803. The Morgan fingerprint density at radius 1 is 1.15 bits per heavy atom. The summed E-state index contributed by atoms with van der Waals surface area (Å²) in [5.74, 6) is 5.25. The van der Waals surface area contributed by atoms with E-state index >= 15 is 0 Å². The molecule has 0 spiro atoms. The van der Waals surface area contributed by atoms with Crippen LogP contribution >= 0.6 is 0 Å². The van der Waals surface area contributed by atoms with Crippen LogP contribution in [0.3, 0.4) is 0 Å². The van der Waals surface area contributed by atoms with Crippen molar-refractivity contribution in [2.45, 2.75) is 111 Å². The van der Waals surface area contributed by atoms with Crippen molar-refractivity contribution < 1.29 is 14.6 Å². The lowest BCUT2D eigenvalue weighted by Gasteiger charge is -2.58. The first-order valence-corrected chi connectivity index (χ1v) is 14.1. The summed E-state index contributed by atoms with van der Waals surface area (Å²) in [5.41, 5.74) is 2.38. The second kappa shape index (κ2) is 9.90. The van der Waals surface area contributed by atoms with Crippen LogP contribution in [0.25, 0.3) is 0 Å². The van der Waals surface area contributed by atoms with Crippen molar-refractivity contribution in [3.05, 3.63) is 24.1 Å². The molecule has 0 aliphatic heterocycles. The monoisotopic (exact) mass is 471 g/mol. The number of rotatable bonds is 8. The van der Waals surface area contributed by atoms with Crippen LogP contribution in [0, 0.1) is 46.3 Å². The van der Waals surface area contributed by atoms with E-state index < -0.39 is 6.09 Å². The summed E-state index contributed by atoms with van der Waals surface area (Å²) >= 11 is 0. The number of nitrogens with one attached hydrogen (secondary N) is 1. The molecule has 4 aliphatic rings. The van der Waals surface area contributed by atoms with Crippen LogP contribution in [0.5, 0.6) is 0 Å². The highest BCUT2D eigenvalue weighted by Gasteiger charge is 2.59. The molecule has 4 nitrogen and oxygen atoms in total. The highest BCUT2D eigenvalue weighted by molar-refractivity contribution is 5.66. The molecule has 0 bridgehead atoms. The molecule has 4 heteroatoms. The fourth-order valence-corrected chi connectivity index (χ4v) is 9.10. The van der Waals surface area contributed by atoms with Gasteiger partial charge in [0.2, 0.25) is 0 Å². The zero-order valence-corrected chi connectivity index (χ0v) is 22.4. The van der Waals surface area contributed by atoms with E-state index in [9.17, 15) is 4.79 Å². The first kappa shape index (κ1) is 25.6. The molecule has 3 fully saturated rings. The van der Waals surface area contributed by atoms with Crippen LogP contribution in [0.2, 0.25) is 0 Å². The van der Waals surface area contributed by atoms with E-state index in [1.54, 1.807) is 5.57 Å². The van der Waals surface area contributed by atoms with Gasteiger partial charge in [-0.25, -0.2) is 4.79 Å². The highest BCUT2D eigenvalue weighted by atomic mass is 16.5. The lowest BCUT2D eigenvalue weighted by atomic mass is 9.47. The number of carbonyl (C=O) groups is 1. The summed E-state index contributed by atoms with van der Waals surface area (Å²) in [6.07, 6.45) is 15.6. The molecule has 34 heavy (non-hydrogen) atoms. The van der Waals surface area contributed by atoms with Gasteiger partial charge in [-0.05, 0) is 97.9 Å². The molecule has 192 valence electrons. The lowest BCUT2D eigenvalue weighted by Crippen LogP contribution is -2.51. The number of hydrogen-bond acceptors (Lipinski definition) is 2. The van der Waals surface area contributed by atoms with Gasteiger partial charge < -0.3 is 9.84 Å². The average Bonchev–Trinajstić information content (AvgIpc) is 3.10. The number of amides is 1. The smallest absolute Gasteiger partial charge is 0.411 e. The molecule has 0 heterocycles. The molecular formula is C30H49NO3. The predicted molar refractivity (Wildman–Crippen MR) is 138 cm³/mol. The van der Waals surface area contributed by atoms with Crippen molar-refractivity contribution in [1.82, 2.24) is 5.32 Å². The van der Waals surface area contributed by atoms with Gasteiger partial charge in [-0.15, -0.1) is 0 Å². The van der Waals surface area contributed by atoms with Gasteiger partial charge in [-0.1, -0.05) is 65.5 Å². The molecule has 1 amide bonds. The Hall–Kier alpha value is -1.45. The normalized spacial score (nSPS) is 39.9. The number of fused-ring (bicyclic) bond motifs is 5. The molecule has 0 unspecified atom stereocenters. The van der Waals surface area contributed by atoms with Crippen molar-refractivity contribution in [2.75, 3.05) is 0 Å². The predicted octanol–water partition coefficient (Wildman–Crippen LogP) is 8.15. The number of ether oxygens (including phenoxy) is 1. The first-order chi connectivity index (χ1) is 16.0. The van der Waals surface area contributed by atoms with Crippen LogP contribution in [0.15, 0.2) is 24.1 Å². The van der Waals surface area contributed by atoms with E-state index in [0.29, 0.717) is 5.41 Å². The molecule has 4 rings (SSSR count). The number of carboxylic acid groups (broad SMARTS) is 1.